The minimum atomic E-state index is -0.416. The van der Waals surface area contributed by atoms with Crippen LogP contribution in [0.2, 0.25) is 5.02 Å². The molecule has 6 heteroatoms. The zero-order valence-corrected chi connectivity index (χ0v) is 15.2. The zero-order chi connectivity index (χ0) is 15.6. The van der Waals surface area contributed by atoms with Gasteiger partial charge >= 0.3 is 0 Å². The smallest absolute Gasteiger partial charge is 0.162 e. The van der Waals surface area contributed by atoms with Gasteiger partial charge in [-0.05, 0) is 23.8 Å². The summed E-state index contributed by atoms with van der Waals surface area (Å²) >= 11 is 13.2. The molecule has 0 N–H and O–H groups in total. The first-order chi connectivity index (χ1) is 9.99. The molecule has 2 nitrogen and oxygen atoms in total. The van der Waals surface area contributed by atoms with E-state index in [2.05, 4.69) is 31.9 Å². The van der Waals surface area contributed by atoms with Gasteiger partial charge in [-0.1, -0.05) is 49.5 Å². The summed E-state index contributed by atoms with van der Waals surface area (Å²) in [6.07, 6.45) is 0. The van der Waals surface area contributed by atoms with Crippen molar-refractivity contribution in [2.24, 2.45) is 0 Å². The number of rotatable bonds is 4. The Balaban J connectivity index is 2.56. The molecule has 2 rings (SSSR count). The summed E-state index contributed by atoms with van der Waals surface area (Å²) in [7, 11) is 3.07. The summed E-state index contributed by atoms with van der Waals surface area (Å²) in [5, 5.41) is 0.463. The average Bonchev–Trinajstić information content (AvgIpc) is 2.46. The van der Waals surface area contributed by atoms with Crippen LogP contribution >= 0.6 is 43.5 Å². The number of alkyl halides is 1. The maximum atomic E-state index is 14.1. The Morgan fingerprint density at radius 3 is 2.33 bits per heavy atom. The molecule has 0 aliphatic carbocycles. The van der Waals surface area contributed by atoms with Crippen molar-refractivity contribution in [1.29, 1.82) is 0 Å². The lowest BCUT2D eigenvalue weighted by molar-refractivity contribution is 0.354. The molecule has 112 valence electrons. The minimum absolute atomic E-state index is 0.322. The van der Waals surface area contributed by atoms with Crippen molar-refractivity contribution in [3.05, 3.63) is 56.8 Å². The van der Waals surface area contributed by atoms with E-state index >= 15 is 0 Å². The van der Waals surface area contributed by atoms with Gasteiger partial charge in [0.1, 0.15) is 5.82 Å². The van der Waals surface area contributed by atoms with Crippen LogP contribution in [0.1, 0.15) is 16.0 Å². The topological polar surface area (TPSA) is 18.5 Å². The third kappa shape index (κ3) is 3.35. The molecule has 21 heavy (non-hydrogen) atoms. The van der Waals surface area contributed by atoms with E-state index < -0.39 is 4.83 Å². The second kappa shape index (κ2) is 6.99. The van der Waals surface area contributed by atoms with Crippen molar-refractivity contribution < 1.29 is 13.9 Å². The van der Waals surface area contributed by atoms with Crippen molar-refractivity contribution in [3.8, 4) is 11.5 Å². The molecule has 0 radical (unpaired) electrons. The first-order valence-corrected chi connectivity index (χ1v) is 8.07. The monoisotopic (exact) mass is 436 g/mol. The molecular formula is C15H12Br2ClFO2. The highest BCUT2D eigenvalue weighted by Gasteiger charge is 2.22. The van der Waals surface area contributed by atoms with Crippen LogP contribution in [0, 0.1) is 5.82 Å². The van der Waals surface area contributed by atoms with E-state index in [1.807, 2.05) is 0 Å². The number of ether oxygens (including phenoxy) is 2. The molecule has 0 aliphatic rings. The van der Waals surface area contributed by atoms with E-state index in [0.717, 1.165) is 0 Å². The Hall–Kier alpha value is -0.780. The van der Waals surface area contributed by atoms with Gasteiger partial charge in [0.25, 0.3) is 0 Å². The first kappa shape index (κ1) is 16.6. The van der Waals surface area contributed by atoms with Crippen LogP contribution in [0.5, 0.6) is 11.5 Å². The summed E-state index contributed by atoms with van der Waals surface area (Å²) in [5.41, 5.74) is 1.17. The molecule has 1 atom stereocenters. The average molecular weight is 439 g/mol. The number of methoxy groups -OCH3 is 2. The largest absolute Gasteiger partial charge is 0.493 e. The lowest BCUT2D eigenvalue weighted by Gasteiger charge is -2.17. The molecule has 2 aromatic carbocycles. The van der Waals surface area contributed by atoms with Crippen LogP contribution < -0.4 is 9.47 Å². The fourth-order valence-electron chi connectivity index (χ4n) is 1.97. The highest BCUT2D eigenvalue weighted by molar-refractivity contribution is 9.11. The van der Waals surface area contributed by atoms with Gasteiger partial charge in [0, 0.05) is 21.1 Å². The van der Waals surface area contributed by atoms with Crippen LogP contribution in [-0.2, 0) is 0 Å². The SMILES string of the molecule is COc1cc(Cl)c(C(Br)c2c(F)cccc2Br)cc1OC. The van der Waals surface area contributed by atoms with Crippen LogP contribution in [0.3, 0.4) is 0 Å². The molecule has 0 amide bonds. The molecule has 0 fully saturated rings. The molecular weight excluding hydrogens is 426 g/mol. The predicted molar refractivity (Wildman–Crippen MR) is 89.4 cm³/mol. The second-order valence-corrected chi connectivity index (χ2v) is 6.40. The Morgan fingerprint density at radius 1 is 1.14 bits per heavy atom. The first-order valence-electron chi connectivity index (χ1n) is 5.99. The zero-order valence-electron chi connectivity index (χ0n) is 11.3. The van der Waals surface area contributed by atoms with Crippen LogP contribution in [0.25, 0.3) is 0 Å². The maximum absolute atomic E-state index is 14.1. The molecule has 2 aromatic rings. The molecule has 0 bridgehead atoms. The number of hydrogen-bond acceptors (Lipinski definition) is 2. The van der Waals surface area contributed by atoms with Gasteiger partial charge in [-0.25, -0.2) is 4.39 Å². The fourth-order valence-corrected chi connectivity index (χ4v) is 4.09. The molecule has 0 saturated carbocycles. The standard InChI is InChI=1S/C15H12Br2ClFO2/c1-20-12-6-8(10(18)7-13(12)21-2)15(17)14-9(16)4-3-5-11(14)19/h3-7,15H,1-2H3. The summed E-state index contributed by atoms with van der Waals surface area (Å²) in [5.74, 6) is 0.740. The maximum Gasteiger partial charge on any atom is 0.162 e. The van der Waals surface area contributed by atoms with E-state index in [9.17, 15) is 4.39 Å². The second-order valence-electron chi connectivity index (χ2n) is 4.23. The Kier molecular flexibility index (Phi) is 5.52. The quantitative estimate of drug-likeness (QED) is 0.567. The van der Waals surface area contributed by atoms with Crippen molar-refractivity contribution >= 4 is 43.5 Å². The van der Waals surface area contributed by atoms with Crippen molar-refractivity contribution in [3.63, 3.8) is 0 Å². The third-order valence-corrected chi connectivity index (χ3v) is 5.00. The van der Waals surface area contributed by atoms with Crippen molar-refractivity contribution in [2.45, 2.75) is 4.83 Å². The molecule has 1 unspecified atom stereocenters. The number of hydrogen-bond donors (Lipinski definition) is 0. The van der Waals surface area contributed by atoms with Crippen LogP contribution in [0.4, 0.5) is 4.39 Å². The van der Waals surface area contributed by atoms with Gasteiger partial charge in [-0.2, -0.15) is 0 Å². The van der Waals surface area contributed by atoms with Gasteiger partial charge in [-0.3, -0.25) is 0 Å². The predicted octanol–water partition coefficient (Wildman–Crippen LogP) is 5.74. The fraction of sp³-hybridized carbons (Fsp3) is 0.200. The van der Waals surface area contributed by atoms with Gasteiger partial charge < -0.3 is 9.47 Å². The van der Waals surface area contributed by atoms with Crippen LogP contribution in [-0.4, -0.2) is 14.2 Å². The van der Waals surface area contributed by atoms with Gasteiger partial charge in [-0.15, -0.1) is 0 Å². The third-order valence-electron chi connectivity index (χ3n) is 3.03. The van der Waals surface area contributed by atoms with E-state index in [-0.39, 0.29) is 5.82 Å². The number of benzene rings is 2. The lowest BCUT2D eigenvalue weighted by Crippen LogP contribution is -2.01. The summed E-state index contributed by atoms with van der Waals surface area (Å²) in [6.45, 7) is 0. The molecule has 0 aromatic heterocycles. The molecule has 0 saturated heterocycles. The van der Waals surface area contributed by atoms with E-state index in [1.165, 1.54) is 20.3 Å². The van der Waals surface area contributed by atoms with Crippen molar-refractivity contribution in [2.75, 3.05) is 14.2 Å². The normalized spacial score (nSPS) is 12.1. The van der Waals surface area contributed by atoms with E-state index in [1.54, 1.807) is 24.3 Å². The number of halogens is 4. The minimum Gasteiger partial charge on any atom is -0.493 e. The highest BCUT2D eigenvalue weighted by atomic mass is 79.9. The van der Waals surface area contributed by atoms with Crippen LogP contribution in [0.15, 0.2) is 34.8 Å². The lowest BCUT2D eigenvalue weighted by atomic mass is 10.0. The summed E-state index contributed by atoms with van der Waals surface area (Å²) in [4.78, 5) is -0.416. The molecule has 0 aliphatic heterocycles. The van der Waals surface area contributed by atoms with Crippen molar-refractivity contribution in [1.82, 2.24) is 0 Å². The van der Waals surface area contributed by atoms with Gasteiger partial charge in [0.2, 0.25) is 0 Å². The molecule has 0 heterocycles. The van der Waals surface area contributed by atoms with Gasteiger partial charge in [0.05, 0.1) is 19.0 Å². The van der Waals surface area contributed by atoms with Gasteiger partial charge in [0.15, 0.2) is 11.5 Å². The Bertz CT molecular complexity index is 644. The highest BCUT2D eigenvalue weighted by Crippen LogP contribution is 2.43. The Morgan fingerprint density at radius 2 is 1.76 bits per heavy atom. The summed E-state index contributed by atoms with van der Waals surface area (Å²) in [6, 6.07) is 8.21. The van der Waals surface area contributed by atoms with E-state index in [0.29, 0.717) is 32.1 Å². The summed E-state index contributed by atoms with van der Waals surface area (Å²) < 4.78 is 25.2. The Labute approximate surface area is 144 Å². The molecule has 0 spiro atoms. The van der Waals surface area contributed by atoms with E-state index in [4.69, 9.17) is 21.1 Å².